The summed E-state index contributed by atoms with van der Waals surface area (Å²) in [5.74, 6) is 1.17. The first-order valence-corrected chi connectivity index (χ1v) is 14.7. The average Bonchev–Trinajstić information content (AvgIpc) is 3.43. The molecule has 0 spiro atoms. The number of aromatic nitrogens is 1. The van der Waals surface area contributed by atoms with E-state index in [1.54, 1.807) is 12.0 Å². The van der Waals surface area contributed by atoms with Gasteiger partial charge in [-0.3, -0.25) is 4.90 Å². The van der Waals surface area contributed by atoms with E-state index in [2.05, 4.69) is 10.5 Å². The lowest BCUT2D eigenvalue weighted by atomic mass is 10.1. The van der Waals surface area contributed by atoms with Gasteiger partial charge >= 0.3 is 12.1 Å². The van der Waals surface area contributed by atoms with E-state index >= 15 is 0 Å². The lowest BCUT2D eigenvalue weighted by Gasteiger charge is -2.30. The maximum absolute atomic E-state index is 13.5. The lowest BCUT2D eigenvalue weighted by molar-refractivity contribution is -0.142. The molecule has 11 heteroatoms. The van der Waals surface area contributed by atoms with Crippen LogP contribution in [0.15, 0.2) is 59.8 Å². The number of nitrogens with zero attached hydrogens (tertiary/aromatic N) is 3. The summed E-state index contributed by atoms with van der Waals surface area (Å²) in [4.78, 5) is 37.7. The number of oxime groups is 1. The van der Waals surface area contributed by atoms with Crippen molar-refractivity contribution in [1.29, 1.82) is 0 Å². The zero-order valence-electron chi connectivity index (χ0n) is 26.5. The number of pyridine rings is 1. The smallest absolute Gasteiger partial charge is 0.411 e. The van der Waals surface area contributed by atoms with Crippen molar-refractivity contribution in [3.8, 4) is 22.8 Å². The molecule has 1 aromatic heterocycles. The van der Waals surface area contributed by atoms with E-state index in [4.69, 9.17) is 28.8 Å². The van der Waals surface area contributed by atoms with Crippen molar-refractivity contribution in [2.24, 2.45) is 5.16 Å². The highest BCUT2D eigenvalue weighted by Gasteiger charge is 2.43. The zero-order valence-corrected chi connectivity index (χ0v) is 26.5. The topological polar surface area (TPSA) is 121 Å². The van der Waals surface area contributed by atoms with E-state index in [1.165, 1.54) is 14.2 Å². The van der Waals surface area contributed by atoms with E-state index in [1.807, 2.05) is 82.3 Å². The van der Waals surface area contributed by atoms with Crippen molar-refractivity contribution < 1.29 is 33.4 Å². The molecule has 0 radical (unpaired) electrons. The van der Waals surface area contributed by atoms with Crippen molar-refractivity contribution >= 4 is 28.8 Å². The monoisotopic (exact) mass is 606 g/mol. The van der Waals surface area contributed by atoms with Crippen molar-refractivity contribution in [1.82, 2.24) is 15.2 Å². The Kier molecular flexibility index (Phi) is 10.5. The van der Waals surface area contributed by atoms with Gasteiger partial charge in [-0.05, 0) is 39.3 Å². The summed E-state index contributed by atoms with van der Waals surface area (Å²) in [6.07, 6.45) is 0.607. The molecular formula is C33H42N4O7. The second kappa shape index (κ2) is 14.3. The zero-order chi connectivity index (χ0) is 31.9. The van der Waals surface area contributed by atoms with Gasteiger partial charge in [0.15, 0.2) is 5.84 Å². The third-order valence-corrected chi connectivity index (χ3v) is 7.12. The maximum Gasteiger partial charge on any atom is 0.411 e. The Morgan fingerprint density at radius 3 is 2.48 bits per heavy atom. The molecular weight excluding hydrogens is 564 g/mol. The van der Waals surface area contributed by atoms with E-state index in [0.29, 0.717) is 35.7 Å². The van der Waals surface area contributed by atoms with Gasteiger partial charge < -0.3 is 29.1 Å². The van der Waals surface area contributed by atoms with Gasteiger partial charge in [-0.25, -0.2) is 14.6 Å². The summed E-state index contributed by atoms with van der Waals surface area (Å²) < 4.78 is 22.9. The Hall–Kier alpha value is -4.54. The van der Waals surface area contributed by atoms with Crippen molar-refractivity contribution in [3.05, 3.63) is 54.6 Å². The molecule has 3 aromatic rings. The van der Waals surface area contributed by atoms with Crippen LogP contribution in [0.3, 0.4) is 0 Å². The van der Waals surface area contributed by atoms with E-state index in [-0.39, 0.29) is 6.54 Å². The predicted octanol–water partition coefficient (Wildman–Crippen LogP) is 5.56. The molecule has 1 aliphatic heterocycles. The van der Waals surface area contributed by atoms with Crippen LogP contribution in [0.25, 0.3) is 22.2 Å². The minimum atomic E-state index is -0.728. The number of methoxy groups -OCH3 is 2. The number of likely N-dealkylation sites (tertiary alicyclic amines) is 1. The molecule has 0 bridgehead atoms. The summed E-state index contributed by atoms with van der Waals surface area (Å²) in [7, 11) is 4.37. The second-order valence-corrected chi connectivity index (χ2v) is 11.5. The standard InChI is InChI=1S/C33H42N4O7/c1-8-12-25(31(38)41-6)35-30(36-42-7)28-18-23(20-37(28)32(39)44-33(2,3)4)43-29-19-26(21-13-10-9-11-14-21)34-27-17-22(40-5)15-16-24(27)29/h9-11,13-17,19,23,25,28H,8,12,18,20H2,1-7H3,(H,35,36)/t23-,25+,28+/m1/s1. The van der Waals surface area contributed by atoms with E-state index in [0.717, 1.165) is 23.1 Å². The highest BCUT2D eigenvalue weighted by Crippen LogP contribution is 2.35. The van der Waals surface area contributed by atoms with Gasteiger partial charge in [-0.2, -0.15) is 0 Å². The average molecular weight is 607 g/mol. The molecule has 0 saturated carbocycles. The van der Waals surface area contributed by atoms with E-state index < -0.39 is 35.9 Å². The third-order valence-electron chi connectivity index (χ3n) is 7.12. The Morgan fingerprint density at radius 2 is 1.84 bits per heavy atom. The van der Waals surface area contributed by atoms with Gasteiger partial charge in [0.1, 0.15) is 36.4 Å². The number of ether oxygens (including phenoxy) is 4. The fourth-order valence-corrected chi connectivity index (χ4v) is 5.14. The van der Waals surface area contributed by atoms with Gasteiger partial charge in [0.25, 0.3) is 0 Å². The van der Waals surface area contributed by atoms with E-state index in [9.17, 15) is 9.59 Å². The van der Waals surface area contributed by atoms with Gasteiger partial charge in [0.2, 0.25) is 0 Å². The highest BCUT2D eigenvalue weighted by atomic mass is 16.6. The number of nitrogens with one attached hydrogen (secondary N) is 1. The molecule has 236 valence electrons. The van der Waals surface area contributed by atoms with Gasteiger partial charge in [-0.1, -0.05) is 48.8 Å². The first-order valence-electron chi connectivity index (χ1n) is 14.7. The molecule has 0 unspecified atom stereocenters. The van der Waals surface area contributed by atoms with Crippen LogP contribution in [0.2, 0.25) is 0 Å². The lowest BCUT2D eigenvalue weighted by Crippen LogP contribution is -2.52. The van der Waals surface area contributed by atoms with Crippen LogP contribution in [0.5, 0.6) is 11.5 Å². The number of esters is 1. The number of hydrogen-bond acceptors (Lipinski definition) is 9. The normalized spacial score (nSPS) is 17.6. The quantitative estimate of drug-likeness (QED) is 0.137. The molecule has 2 heterocycles. The van der Waals surface area contributed by atoms with Crippen LogP contribution in [-0.4, -0.2) is 79.4 Å². The molecule has 2 aromatic carbocycles. The van der Waals surface area contributed by atoms with Crippen molar-refractivity contribution in [2.45, 2.75) is 70.7 Å². The second-order valence-electron chi connectivity index (χ2n) is 11.5. The summed E-state index contributed by atoms with van der Waals surface area (Å²) in [6.45, 7) is 7.60. The fraction of sp³-hybridized carbons (Fsp3) is 0.455. The summed E-state index contributed by atoms with van der Waals surface area (Å²) >= 11 is 0. The first-order chi connectivity index (χ1) is 21.1. The number of hydrogen-bond donors (Lipinski definition) is 1. The predicted molar refractivity (Wildman–Crippen MR) is 168 cm³/mol. The van der Waals surface area contributed by atoms with Crippen LogP contribution < -0.4 is 14.8 Å². The molecule has 0 aliphatic carbocycles. The molecule has 3 atom stereocenters. The molecule has 11 nitrogen and oxygen atoms in total. The summed E-state index contributed by atoms with van der Waals surface area (Å²) in [5.41, 5.74) is 1.66. The maximum atomic E-state index is 13.5. The van der Waals surface area contributed by atoms with Crippen LogP contribution in [0.1, 0.15) is 47.0 Å². The van der Waals surface area contributed by atoms with Crippen LogP contribution >= 0.6 is 0 Å². The molecule has 4 rings (SSSR count). The number of amides is 1. The minimum Gasteiger partial charge on any atom is -0.497 e. The van der Waals surface area contributed by atoms with Gasteiger partial charge in [0.05, 0.1) is 38.0 Å². The molecule has 44 heavy (non-hydrogen) atoms. The number of carbonyl (C=O) groups is 2. The Labute approximate surface area is 258 Å². The summed E-state index contributed by atoms with van der Waals surface area (Å²) in [6, 6.07) is 16.1. The fourth-order valence-electron chi connectivity index (χ4n) is 5.14. The number of carbonyl (C=O) groups excluding carboxylic acids is 2. The minimum absolute atomic E-state index is 0.210. The van der Waals surface area contributed by atoms with Gasteiger partial charge in [0, 0.05) is 29.5 Å². The Bertz CT molecular complexity index is 1470. The van der Waals surface area contributed by atoms with Gasteiger partial charge in [-0.15, -0.1) is 0 Å². The largest absolute Gasteiger partial charge is 0.497 e. The highest BCUT2D eigenvalue weighted by molar-refractivity contribution is 5.94. The van der Waals surface area contributed by atoms with Crippen LogP contribution in [0, 0.1) is 0 Å². The number of amidine groups is 1. The molecule has 1 saturated heterocycles. The van der Waals surface area contributed by atoms with Crippen molar-refractivity contribution in [2.75, 3.05) is 27.9 Å². The van der Waals surface area contributed by atoms with Crippen LogP contribution in [-0.2, 0) is 19.1 Å². The molecule has 1 amide bonds. The molecule has 1 aliphatic rings. The Balaban J connectivity index is 1.72. The number of rotatable bonds is 10. The SMILES string of the molecule is CCC[C@H](NC(=NOC)[C@@H]1C[C@@H](Oc2cc(-c3ccccc3)nc3cc(OC)ccc23)CN1C(=O)OC(C)(C)C)C(=O)OC. The first kappa shape index (κ1) is 32.4. The molecule has 1 N–H and O–H groups in total. The number of fused-ring (bicyclic) bond motifs is 1. The van der Waals surface area contributed by atoms with Crippen molar-refractivity contribution in [3.63, 3.8) is 0 Å². The Morgan fingerprint density at radius 1 is 1.09 bits per heavy atom. The molecule has 1 fully saturated rings. The number of benzene rings is 2. The van der Waals surface area contributed by atoms with Crippen LogP contribution in [0.4, 0.5) is 4.79 Å². The summed E-state index contributed by atoms with van der Waals surface area (Å²) in [5, 5.41) is 8.18. The third kappa shape index (κ3) is 7.89.